The number of carbonyl (C=O) groups is 1. The number of anilines is 1. The molecule has 1 atom stereocenters. The van der Waals surface area contributed by atoms with E-state index in [1.165, 1.54) is 6.07 Å². The van der Waals surface area contributed by atoms with Gasteiger partial charge in [0.15, 0.2) is 0 Å². The van der Waals surface area contributed by atoms with Gasteiger partial charge in [-0.1, -0.05) is 13.8 Å². The minimum absolute atomic E-state index is 0.0290. The lowest BCUT2D eigenvalue weighted by atomic mass is 10.1. The highest BCUT2D eigenvalue weighted by molar-refractivity contribution is 9.10. The van der Waals surface area contributed by atoms with Gasteiger partial charge in [-0.3, -0.25) is 14.9 Å². The first-order valence-corrected chi connectivity index (χ1v) is 7.62. The fraction of sp³-hybridized carbons (Fsp3) is 0.500. The number of halogens is 1. The Hall–Kier alpha value is -1.47. The average molecular weight is 356 g/mol. The van der Waals surface area contributed by atoms with Crippen molar-refractivity contribution < 1.29 is 9.72 Å². The summed E-state index contributed by atoms with van der Waals surface area (Å²) in [6, 6.07) is 3.14. The fourth-order valence-corrected chi connectivity index (χ4v) is 3.20. The predicted molar refractivity (Wildman–Crippen MR) is 84.6 cm³/mol. The zero-order valence-corrected chi connectivity index (χ0v) is 13.8. The third-order valence-corrected chi connectivity index (χ3v) is 4.13. The van der Waals surface area contributed by atoms with Gasteiger partial charge in [-0.05, 0) is 35.3 Å². The summed E-state index contributed by atoms with van der Waals surface area (Å²) in [4.78, 5) is 24.7. The van der Waals surface area contributed by atoms with Gasteiger partial charge in [-0.15, -0.1) is 0 Å². The van der Waals surface area contributed by atoms with E-state index >= 15 is 0 Å². The number of hydrogen-bond acceptors (Lipinski definition) is 4. The molecule has 1 fully saturated rings. The topological polar surface area (TPSA) is 75.5 Å². The Morgan fingerprint density at radius 2 is 2.14 bits per heavy atom. The van der Waals surface area contributed by atoms with Crippen LogP contribution < -0.4 is 10.2 Å². The smallest absolute Gasteiger partial charge is 0.274 e. The Kier molecular flexibility index (Phi) is 4.63. The summed E-state index contributed by atoms with van der Waals surface area (Å²) < 4.78 is 0.698. The largest absolute Gasteiger partial charge is 0.310 e. The second kappa shape index (κ2) is 6.11. The third-order valence-electron chi connectivity index (χ3n) is 3.49. The number of aryl methyl sites for hydroxylation is 1. The molecule has 6 nitrogen and oxygen atoms in total. The molecule has 0 aromatic heterocycles. The van der Waals surface area contributed by atoms with E-state index in [2.05, 4.69) is 21.2 Å². The van der Waals surface area contributed by atoms with Gasteiger partial charge in [0.25, 0.3) is 5.69 Å². The number of rotatable bonds is 4. The molecule has 0 radical (unpaired) electrons. The summed E-state index contributed by atoms with van der Waals surface area (Å²) >= 11 is 3.40. The van der Waals surface area contributed by atoms with Crippen molar-refractivity contribution in [2.45, 2.75) is 39.3 Å². The lowest BCUT2D eigenvalue weighted by molar-refractivity contribution is -0.385. The molecule has 1 saturated heterocycles. The highest BCUT2D eigenvalue weighted by Gasteiger charge is 2.34. The van der Waals surface area contributed by atoms with Gasteiger partial charge in [0.1, 0.15) is 0 Å². The minimum atomic E-state index is -0.421. The van der Waals surface area contributed by atoms with Gasteiger partial charge >= 0.3 is 0 Å². The van der Waals surface area contributed by atoms with Crippen molar-refractivity contribution in [1.82, 2.24) is 5.32 Å². The monoisotopic (exact) mass is 355 g/mol. The van der Waals surface area contributed by atoms with Gasteiger partial charge in [0.05, 0.1) is 16.7 Å². The second-order valence-corrected chi connectivity index (χ2v) is 6.35. The Morgan fingerprint density at radius 3 is 2.71 bits per heavy atom. The summed E-state index contributed by atoms with van der Waals surface area (Å²) in [7, 11) is 0. The first-order valence-electron chi connectivity index (χ1n) is 6.83. The Labute approximate surface area is 131 Å². The van der Waals surface area contributed by atoms with Crippen LogP contribution in [0.3, 0.4) is 0 Å². The second-order valence-electron chi connectivity index (χ2n) is 5.50. The zero-order valence-electron chi connectivity index (χ0n) is 12.2. The maximum Gasteiger partial charge on any atom is 0.274 e. The first-order chi connectivity index (χ1) is 9.81. The standard InChI is InChI=1S/C14H18BrN3O3/c1-8(2)16-11-4-5-17(14(11)19)13-7-12(18(20)21)9(3)6-10(13)15/h6-8,11,16H,4-5H2,1-3H3. The van der Waals surface area contributed by atoms with E-state index in [9.17, 15) is 14.9 Å². The van der Waals surface area contributed by atoms with Crippen LogP contribution in [0.15, 0.2) is 16.6 Å². The SMILES string of the molecule is Cc1cc(Br)c(N2CCC(NC(C)C)C2=O)cc1[N+](=O)[O-]. The number of nitro groups is 1. The van der Waals surface area contributed by atoms with Crippen LogP contribution in [0, 0.1) is 17.0 Å². The summed E-state index contributed by atoms with van der Waals surface area (Å²) in [5.74, 6) is -0.0393. The van der Waals surface area contributed by atoms with E-state index in [1.807, 2.05) is 13.8 Å². The third kappa shape index (κ3) is 3.24. The van der Waals surface area contributed by atoms with Crippen LogP contribution in [0.2, 0.25) is 0 Å². The van der Waals surface area contributed by atoms with Crippen molar-refractivity contribution in [2.75, 3.05) is 11.4 Å². The van der Waals surface area contributed by atoms with E-state index in [0.717, 1.165) is 0 Å². The van der Waals surface area contributed by atoms with Crippen LogP contribution in [0.4, 0.5) is 11.4 Å². The molecule has 2 rings (SSSR count). The lowest BCUT2D eigenvalue weighted by Gasteiger charge is -2.20. The quantitative estimate of drug-likeness (QED) is 0.665. The van der Waals surface area contributed by atoms with Crippen LogP contribution in [0.5, 0.6) is 0 Å². The molecule has 1 heterocycles. The average Bonchev–Trinajstić information content (AvgIpc) is 2.70. The Bertz CT molecular complexity index is 589. The first kappa shape index (κ1) is 15.9. The van der Waals surface area contributed by atoms with Crippen LogP contribution in [-0.4, -0.2) is 29.5 Å². The molecule has 0 aliphatic carbocycles. The Morgan fingerprint density at radius 1 is 1.48 bits per heavy atom. The van der Waals surface area contributed by atoms with E-state index in [-0.39, 0.29) is 23.7 Å². The molecule has 1 aliphatic rings. The van der Waals surface area contributed by atoms with Crippen molar-refractivity contribution in [2.24, 2.45) is 0 Å². The molecular formula is C14H18BrN3O3. The summed E-state index contributed by atoms with van der Waals surface area (Å²) in [6.07, 6.45) is 0.700. The number of amides is 1. The molecule has 1 aliphatic heterocycles. The number of nitrogens with one attached hydrogen (secondary N) is 1. The minimum Gasteiger partial charge on any atom is -0.310 e. The van der Waals surface area contributed by atoms with Crippen molar-refractivity contribution >= 4 is 33.2 Å². The van der Waals surface area contributed by atoms with Gasteiger partial charge in [0, 0.05) is 28.7 Å². The number of benzene rings is 1. The molecule has 0 spiro atoms. The lowest BCUT2D eigenvalue weighted by Crippen LogP contribution is -2.41. The fourth-order valence-electron chi connectivity index (χ4n) is 2.53. The number of carbonyl (C=O) groups excluding carboxylic acids is 1. The van der Waals surface area contributed by atoms with Gasteiger partial charge < -0.3 is 10.2 Å². The summed E-state index contributed by atoms with van der Waals surface area (Å²) in [5, 5.41) is 14.3. The molecular weight excluding hydrogens is 338 g/mol. The molecule has 7 heteroatoms. The van der Waals surface area contributed by atoms with Crippen molar-refractivity contribution in [3.8, 4) is 0 Å². The van der Waals surface area contributed by atoms with Crippen LogP contribution in [-0.2, 0) is 4.79 Å². The maximum absolute atomic E-state index is 12.4. The highest BCUT2D eigenvalue weighted by Crippen LogP contribution is 2.35. The molecule has 1 N–H and O–H groups in total. The summed E-state index contributed by atoms with van der Waals surface area (Å²) in [5.41, 5.74) is 1.16. The van der Waals surface area contributed by atoms with Crippen LogP contribution in [0.1, 0.15) is 25.8 Å². The van der Waals surface area contributed by atoms with Crippen LogP contribution in [0.25, 0.3) is 0 Å². The van der Waals surface area contributed by atoms with E-state index in [0.29, 0.717) is 28.7 Å². The molecule has 1 aromatic rings. The molecule has 0 bridgehead atoms. The number of nitrogens with zero attached hydrogens (tertiary/aromatic N) is 2. The van der Waals surface area contributed by atoms with E-state index in [4.69, 9.17) is 0 Å². The van der Waals surface area contributed by atoms with Crippen molar-refractivity contribution in [3.63, 3.8) is 0 Å². The molecule has 21 heavy (non-hydrogen) atoms. The summed E-state index contributed by atoms with van der Waals surface area (Å²) in [6.45, 7) is 6.22. The Balaban J connectivity index is 2.33. The molecule has 1 amide bonds. The molecule has 0 saturated carbocycles. The van der Waals surface area contributed by atoms with Crippen molar-refractivity contribution in [3.05, 3.63) is 32.3 Å². The molecule has 1 aromatic carbocycles. The van der Waals surface area contributed by atoms with Gasteiger partial charge in [-0.25, -0.2) is 0 Å². The van der Waals surface area contributed by atoms with E-state index < -0.39 is 4.92 Å². The molecule has 1 unspecified atom stereocenters. The number of nitro benzene ring substituents is 1. The van der Waals surface area contributed by atoms with Crippen LogP contribution >= 0.6 is 15.9 Å². The van der Waals surface area contributed by atoms with Gasteiger partial charge in [-0.2, -0.15) is 0 Å². The normalized spacial score (nSPS) is 18.6. The van der Waals surface area contributed by atoms with Crippen molar-refractivity contribution in [1.29, 1.82) is 0 Å². The maximum atomic E-state index is 12.4. The zero-order chi connectivity index (χ0) is 15.7. The van der Waals surface area contributed by atoms with Gasteiger partial charge in [0.2, 0.25) is 5.91 Å². The molecule has 114 valence electrons. The predicted octanol–water partition coefficient (Wildman–Crippen LogP) is 2.77. The number of hydrogen-bond donors (Lipinski definition) is 1. The highest BCUT2D eigenvalue weighted by atomic mass is 79.9. The van der Waals surface area contributed by atoms with E-state index in [1.54, 1.807) is 17.9 Å².